The highest BCUT2D eigenvalue weighted by Gasteiger charge is 2.01. The van der Waals surface area contributed by atoms with E-state index in [1.807, 2.05) is 42.2 Å². The molecule has 1 aromatic heterocycles. The first-order chi connectivity index (χ1) is 7.79. The summed E-state index contributed by atoms with van der Waals surface area (Å²) in [6.45, 7) is 1.61. The van der Waals surface area contributed by atoms with Crippen LogP contribution in [0.5, 0.6) is 0 Å². The van der Waals surface area contributed by atoms with Crippen LogP contribution in [0, 0.1) is 0 Å². The SMILES string of the molecule is CNCc1ccn(Cc2ccccc2Br)n1. The largest absolute Gasteiger partial charge is 0.314 e. The molecular formula is C12H14BrN3. The third-order valence-corrected chi connectivity index (χ3v) is 3.12. The number of hydrogen-bond acceptors (Lipinski definition) is 2. The van der Waals surface area contributed by atoms with Crippen LogP contribution in [0.25, 0.3) is 0 Å². The summed E-state index contributed by atoms with van der Waals surface area (Å²) < 4.78 is 3.08. The first-order valence-corrected chi connectivity index (χ1v) is 5.99. The van der Waals surface area contributed by atoms with Gasteiger partial charge in [0.25, 0.3) is 0 Å². The molecular weight excluding hydrogens is 266 g/mol. The second kappa shape index (κ2) is 5.27. The highest BCUT2D eigenvalue weighted by atomic mass is 79.9. The maximum atomic E-state index is 4.47. The van der Waals surface area contributed by atoms with E-state index in [-0.39, 0.29) is 0 Å². The summed E-state index contributed by atoms with van der Waals surface area (Å²) in [7, 11) is 1.92. The second-order valence-corrected chi connectivity index (χ2v) is 4.48. The van der Waals surface area contributed by atoms with Gasteiger partial charge in [0.2, 0.25) is 0 Å². The predicted molar refractivity (Wildman–Crippen MR) is 68.2 cm³/mol. The van der Waals surface area contributed by atoms with Crippen LogP contribution in [0.3, 0.4) is 0 Å². The van der Waals surface area contributed by atoms with Gasteiger partial charge in [-0.3, -0.25) is 4.68 Å². The lowest BCUT2D eigenvalue weighted by Crippen LogP contribution is -2.07. The molecule has 0 spiro atoms. The Kier molecular flexibility index (Phi) is 3.74. The molecule has 0 bridgehead atoms. The van der Waals surface area contributed by atoms with E-state index in [0.717, 1.165) is 23.3 Å². The van der Waals surface area contributed by atoms with Crippen LogP contribution in [-0.4, -0.2) is 16.8 Å². The second-order valence-electron chi connectivity index (χ2n) is 3.63. The Balaban J connectivity index is 2.11. The number of nitrogens with one attached hydrogen (secondary N) is 1. The summed E-state index contributed by atoms with van der Waals surface area (Å²) >= 11 is 3.54. The van der Waals surface area contributed by atoms with Gasteiger partial charge in [-0.2, -0.15) is 5.10 Å². The van der Waals surface area contributed by atoms with E-state index in [9.17, 15) is 0 Å². The van der Waals surface area contributed by atoms with Gasteiger partial charge in [-0.05, 0) is 24.7 Å². The van der Waals surface area contributed by atoms with Gasteiger partial charge in [-0.15, -0.1) is 0 Å². The molecule has 1 N–H and O–H groups in total. The molecule has 3 nitrogen and oxygen atoms in total. The maximum absolute atomic E-state index is 4.47. The third kappa shape index (κ3) is 2.71. The van der Waals surface area contributed by atoms with Crippen molar-refractivity contribution in [1.29, 1.82) is 0 Å². The zero-order chi connectivity index (χ0) is 11.4. The average Bonchev–Trinajstić information content (AvgIpc) is 2.70. The first kappa shape index (κ1) is 11.4. The number of nitrogens with zero attached hydrogens (tertiary/aromatic N) is 2. The number of hydrogen-bond donors (Lipinski definition) is 1. The standard InChI is InChI=1S/C12H14BrN3/c1-14-8-11-6-7-16(15-11)9-10-4-2-3-5-12(10)13/h2-7,14H,8-9H2,1H3. The molecule has 4 heteroatoms. The molecule has 0 unspecified atom stereocenters. The van der Waals surface area contributed by atoms with E-state index in [4.69, 9.17) is 0 Å². The van der Waals surface area contributed by atoms with Crippen LogP contribution in [0.4, 0.5) is 0 Å². The smallest absolute Gasteiger partial charge is 0.0762 e. The van der Waals surface area contributed by atoms with Crippen molar-refractivity contribution in [2.75, 3.05) is 7.05 Å². The number of halogens is 1. The van der Waals surface area contributed by atoms with E-state index in [1.165, 1.54) is 5.56 Å². The quantitative estimate of drug-likeness (QED) is 0.932. The van der Waals surface area contributed by atoms with E-state index in [1.54, 1.807) is 0 Å². The van der Waals surface area contributed by atoms with E-state index >= 15 is 0 Å². The molecule has 0 atom stereocenters. The van der Waals surface area contributed by atoms with Crippen LogP contribution in [0.15, 0.2) is 41.0 Å². The lowest BCUT2D eigenvalue weighted by Gasteiger charge is -2.04. The van der Waals surface area contributed by atoms with Gasteiger partial charge in [-0.25, -0.2) is 0 Å². The molecule has 0 radical (unpaired) electrons. The molecule has 2 aromatic rings. The minimum atomic E-state index is 0.797. The van der Waals surface area contributed by atoms with Gasteiger partial charge in [-0.1, -0.05) is 34.1 Å². The topological polar surface area (TPSA) is 29.9 Å². The number of benzene rings is 1. The van der Waals surface area contributed by atoms with E-state index in [0.29, 0.717) is 0 Å². The fourth-order valence-corrected chi connectivity index (χ4v) is 1.98. The Labute approximate surface area is 104 Å². The van der Waals surface area contributed by atoms with Crippen molar-refractivity contribution in [2.45, 2.75) is 13.1 Å². The lowest BCUT2D eigenvalue weighted by atomic mass is 10.2. The minimum absolute atomic E-state index is 0.797. The van der Waals surface area contributed by atoms with Crippen LogP contribution in [-0.2, 0) is 13.1 Å². The summed E-state index contributed by atoms with van der Waals surface area (Å²) in [5.74, 6) is 0. The average molecular weight is 280 g/mol. The Hall–Kier alpha value is -1.13. The summed E-state index contributed by atoms with van der Waals surface area (Å²) in [6, 6.07) is 10.2. The zero-order valence-electron chi connectivity index (χ0n) is 9.15. The van der Waals surface area contributed by atoms with Crippen LogP contribution < -0.4 is 5.32 Å². The lowest BCUT2D eigenvalue weighted by molar-refractivity contribution is 0.657. The van der Waals surface area contributed by atoms with Gasteiger partial charge >= 0.3 is 0 Å². The Bertz CT molecular complexity index is 465. The molecule has 0 fully saturated rings. The van der Waals surface area contributed by atoms with Crippen LogP contribution >= 0.6 is 15.9 Å². The molecule has 1 aromatic carbocycles. The molecule has 0 saturated carbocycles. The van der Waals surface area contributed by atoms with Crippen molar-refractivity contribution in [3.8, 4) is 0 Å². The maximum Gasteiger partial charge on any atom is 0.0762 e. The fourth-order valence-electron chi connectivity index (χ4n) is 1.57. The monoisotopic (exact) mass is 279 g/mol. The first-order valence-electron chi connectivity index (χ1n) is 5.20. The van der Waals surface area contributed by atoms with Gasteiger partial charge in [0.05, 0.1) is 12.2 Å². The molecule has 0 saturated heterocycles. The number of aromatic nitrogens is 2. The molecule has 0 amide bonds. The van der Waals surface area contributed by atoms with Crippen molar-refractivity contribution < 1.29 is 0 Å². The summed E-state index contributed by atoms with van der Waals surface area (Å²) in [5.41, 5.74) is 2.30. The highest BCUT2D eigenvalue weighted by molar-refractivity contribution is 9.10. The van der Waals surface area contributed by atoms with E-state index < -0.39 is 0 Å². The summed E-state index contributed by atoms with van der Waals surface area (Å²) in [5, 5.41) is 7.56. The molecule has 0 aliphatic carbocycles. The fraction of sp³-hybridized carbons (Fsp3) is 0.250. The third-order valence-electron chi connectivity index (χ3n) is 2.34. The molecule has 0 aliphatic heterocycles. The van der Waals surface area contributed by atoms with Gasteiger partial charge < -0.3 is 5.32 Å². The Morgan fingerprint density at radius 2 is 2.12 bits per heavy atom. The highest BCUT2D eigenvalue weighted by Crippen LogP contribution is 2.16. The molecule has 1 heterocycles. The Morgan fingerprint density at radius 3 is 2.88 bits per heavy atom. The van der Waals surface area contributed by atoms with Crippen molar-refractivity contribution in [1.82, 2.24) is 15.1 Å². The van der Waals surface area contributed by atoms with Crippen molar-refractivity contribution in [3.05, 3.63) is 52.3 Å². The molecule has 84 valence electrons. The summed E-state index contributed by atoms with van der Waals surface area (Å²) in [6.07, 6.45) is 2.01. The van der Waals surface area contributed by atoms with Crippen molar-refractivity contribution in [3.63, 3.8) is 0 Å². The van der Waals surface area contributed by atoms with Crippen molar-refractivity contribution >= 4 is 15.9 Å². The van der Waals surface area contributed by atoms with Crippen molar-refractivity contribution in [2.24, 2.45) is 0 Å². The zero-order valence-corrected chi connectivity index (χ0v) is 10.7. The molecule has 2 rings (SSSR count). The summed E-state index contributed by atoms with van der Waals surface area (Å²) in [4.78, 5) is 0. The van der Waals surface area contributed by atoms with E-state index in [2.05, 4.69) is 32.4 Å². The molecule has 0 aliphatic rings. The minimum Gasteiger partial charge on any atom is -0.314 e. The van der Waals surface area contributed by atoms with Crippen LogP contribution in [0.1, 0.15) is 11.3 Å². The number of rotatable bonds is 4. The normalized spacial score (nSPS) is 10.6. The van der Waals surface area contributed by atoms with Crippen LogP contribution in [0.2, 0.25) is 0 Å². The van der Waals surface area contributed by atoms with Gasteiger partial charge in [0.15, 0.2) is 0 Å². The van der Waals surface area contributed by atoms with Gasteiger partial charge in [0.1, 0.15) is 0 Å². The predicted octanol–water partition coefficient (Wildman–Crippen LogP) is 2.41. The molecule has 16 heavy (non-hydrogen) atoms. The Morgan fingerprint density at radius 1 is 1.31 bits per heavy atom. The van der Waals surface area contributed by atoms with Gasteiger partial charge in [0, 0.05) is 17.2 Å².